The molecular weight excluding hydrogens is 436 g/mol. The van der Waals surface area contributed by atoms with Gasteiger partial charge in [-0.15, -0.1) is 0 Å². The number of para-hydroxylation sites is 1. The molecule has 2 atom stereocenters. The summed E-state index contributed by atoms with van der Waals surface area (Å²) in [6.07, 6.45) is 3.11. The van der Waals surface area contributed by atoms with E-state index in [0.29, 0.717) is 31.7 Å². The van der Waals surface area contributed by atoms with Crippen molar-refractivity contribution in [3.8, 4) is 0 Å². The van der Waals surface area contributed by atoms with E-state index in [9.17, 15) is 9.59 Å². The highest BCUT2D eigenvalue weighted by atomic mass is 16.2. The van der Waals surface area contributed by atoms with Crippen molar-refractivity contribution in [2.45, 2.75) is 65.2 Å². The van der Waals surface area contributed by atoms with Crippen LogP contribution >= 0.6 is 0 Å². The molecular formula is C29H40N4O2. The van der Waals surface area contributed by atoms with E-state index in [0.717, 1.165) is 56.7 Å². The van der Waals surface area contributed by atoms with Crippen molar-refractivity contribution in [1.29, 1.82) is 0 Å². The smallest absolute Gasteiger partial charge is 0.237 e. The number of hydrogen-bond donors (Lipinski definition) is 0. The van der Waals surface area contributed by atoms with Gasteiger partial charge in [0, 0.05) is 50.9 Å². The van der Waals surface area contributed by atoms with Crippen molar-refractivity contribution in [2.24, 2.45) is 0 Å². The molecule has 188 valence electrons. The van der Waals surface area contributed by atoms with E-state index in [4.69, 9.17) is 0 Å². The zero-order valence-electron chi connectivity index (χ0n) is 21.5. The number of hydrogen-bond acceptors (Lipinski definition) is 4. The molecule has 0 spiro atoms. The van der Waals surface area contributed by atoms with Crippen LogP contribution in [-0.2, 0) is 22.7 Å². The summed E-state index contributed by atoms with van der Waals surface area (Å²) in [6, 6.07) is 19.4. The Morgan fingerprint density at radius 2 is 1.60 bits per heavy atom. The molecule has 0 unspecified atom stereocenters. The predicted octanol–water partition coefficient (Wildman–Crippen LogP) is 4.15. The molecule has 2 bridgehead atoms. The average Bonchev–Trinajstić information content (AvgIpc) is 3.22. The van der Waals surface area contributed by atoms with Crippen LogP contribution < -0.4 is 4.90 Å². The fraction of sp³-hybridized carbons (Fsp3) is 0.517. The Balaban J connectivity index is 1.69. The lowest BCUT2D eigenvalue weighted by atomic mass is 10.1. The maximum atomic E-state index is 13.6. The Bertz CT molecular complexity index is 991. The van der Waals surface area contributed by atoms with Crippen LogP contribution in [-0.4, -0.2) is 71.3 Å². The normalized spacial score (nSPS) is 21.0. The van der Waals surface area contributed by atoms with Crippen molar-refractivity contribution < 1.29 is 9.59 Å². The summed E-state index contributed by atoms with van der Waals surface area (Å²) >= 11 is 0. The Labute approximate surface area is 210 Å². The second kappa shape index (κ2) is 11.8. The number of likely N-dealkylation sites (N-methyl/N-ethyl adjacent to an activating group) is 1. The molecule has 6 nitrogen and oxygen atoms in total. The molecule has 2 aromatic carbocycles. The zero-order valence-corrected chi connectivity index (χ0v) is 21.5. The fourth-order valence-electron chi connectivity index (χ4n) is 5.66. The lowest BCUT2D eigenvalue weighted by molar-refractivity contribution is -0.133. The number of carbonyl (C=O) groups excluding carboxylic acids is 2. The van der Waals surface area contributed by atoms with E-state index < -0.39 is 0 Å². The minimum Gasteiger partial charge on any atom is -0.336 e. The Hall–Kier alpha value is -2.70. The summed E-state index contributed by atoms with van der Waals surface area (Å²) in [5.74, 6) is 0.224. The van der Waals surface area contributed by atoms with Crippen LogP contribution in [0.5, 0.6) is 0 Å². The quantitative estimate of drug-likeness (QED) is 0.629. The van der Waals surface area contributed by atoms with Crippen LogP contribution in [0.15, 0.2) is 54.6 Å². The van der Waals surface area contributed by atoms with E-state index in [1.165, 1.54) is 5.56 Å². The third-order valence-corrected chi connectivity index (χ3v) is 7.73. The fourth-order valence-corrected chi connectivity index (χ4v) is 5.66. The number of amides is 2. The number of nitrogens with zero attached hydrogens (tertiary/aromatic N) is 4. The van der Waals surface area contributed by atoms with Gasteiger partial charge in [0.1, 0.15) is 0 Å². The molecule has 6 heteroatoms. The van der Waals surface area contributed by atoms with Crippen molar-refractivity contribution in [3.05, 3.63) is 65.7 Å². The molecule has 0 aromatic heterocycles. The third-order valence-electron chi connectivity index (χ3n) is 7.73. The largest absolute Gasteiger partial charge is 0.336 e. The van der Waals surface area contributed by atoms with Gasteiger partial charge in [0.05, 0.1) is 6.54 Å². The second-order valence-corrected chi connectivity index (χ2v) is 9.87. The summed E-state index contributed by atoms with van der Waals surface area (Å²) in [5, 5.41) is 0. The molecule has 1 saturated heterocycles. The maximum Gasteiger partial charge on any atom is 0.237 e. The monoisotopic (exact) mass is 476 g/mol. The second-order valence-electron chi connectivity index (χ2n) is 9.87. The van der Waals surface area contributed by atoms with Crippen molar-refractivity contribution >= 4 is 17.5 Å². The van der Waals surface area contributed by atoms with Gasteiger partial charge < -0.3 is 9.80 Å². The van der Waals surface area contributed by atoms with E-state index in [1.807, 2.05) is 28.0 Å². The Kier molecular flexibility index (Phi) is 8.58. The Morgan fingerprint density at radius 3 is 2.31 bits per heavy atom. The third kappa shape index (κ3) is 6.11. The van der Waals surface area contributed by atoms with Crippen LogP contribution in [0.25, 0.3) is 0 Å². The lowest BCUT2D eigenvalue weighted by Crippen LogP contribution is -2.47. The number of carbonyl (C=O) groups is 2. The van der Waals surface area contributed by atoms with Gasteiger partial charge in [-0.05, 0) is 49.5 Å². The number of benzene rings is 2. The van der Waals surface area contributed by atoms with Gasteiger partial charge in [-0.3, -0.25) is 19.4 Å². The highest BCUT2D eigenvalue weighted by molar-refractivity contribution is 5.92. The summed E-state index contributed by atoms with van der Waals surface area (Å²) in [7, 11) is 0. The minimum atomic E-state index is 0.0573. The van der Waals surface area contributed by atoms with E-state index in [-0.39, 0.29) is 11.8 Å². The van der Waals surface area contributed by atoms with Crippen molar-refractivity contribution in [3.63, 3.8) is 0 Å². The number of rotatable bonds is 6. The average molecular weight is 477 g/mol. The zero-order chi connectivity index (χ0) is 24.8. The summed E-state index contributed by atoms with van der Waals surface area (Å²) in [5.41, 5.74) is 3.28. The van der Waals surface area contributed by atoms with Gasteiger partial charge in [0.15, 0.2) is 0 Å². The van der Waals surface area contributed by atoms with Gasteiger partial charge in [0.2, 0.25) is 11.8 Å². The summed E-state index contributed by atoms with van der Waals surface area (Å²) in [6.45, 7) is 10.8. The van der Waals surface area contributed by atoms with Gasteiger partial charge in [0.25, 0.3) is 0 Å². The highest BCUT2D eigenvalue weighted by Crippen LogP contribution is 2.32. The molecule has 0 radical (unpaired) electrons. The molecule has 2 amide bonds. The molecule has 0 aliphatic carbocycles. The summed E-state index contributed by atoms with van der Waals surface area (Å²) in [4.78, 5) is 35.1. The molecule has 4 rings (SSSR count). The molecule has 2 aromatic rings. The Morgan fingerprint density at radius 1 is 0.914 bits per heavy atom. The SMILES string of the molecule is CCN(CC)CC(=O)N1Cc2ccccc2N(C(C)=O)CC[C@@H]2CC[C@H](C1)N2Cc1ccccc1. The van der Waals surface area contributed by atoms with Crippen LogP contribution in [0.2, 0.25) is 0 Å². The number of fused-ring (bicyclic) bond motifs is 3. The van der Waals surface area contributed by atoms with E-state index in [2.05, 4.69) is 60.0 Å². The standard InChI is InChI=1S/C29H40N4O2/c1-4-30(5-2)22-29(35)31-20-25-13-9-10-14-28(25)32(23(3)34)18-17-26-15-16-27(21-31)33(26)19-24-11-7-6-8-12-24/h6-14,26-27H,4-5,15-22H2,1-3H3/t26-,27+/m0/s1. The van der Waals surface area contributed by atoms with E-state index in [1.54, 1.807) is 6.92 Å². The first kappa shape index (κ1) is 25.4. The van der Waals surface area contributed by atoms with E-state index >= 15 is 0 Å². The first-order chi connectivity index (χ1) is 17.0. The first-order valence-electron chi connectivity index (χ1n) is 13.2. The van der Waals surface area contributed by atoms with Crippen molar-refractivity contribution in [2.75, 3.05) is 37.6 Å². The molecule has 35 heavy (non-hydrogen) atoms. The highest BCUT2D eigenvalue weighted by Gasteiger charge is 2.36. The molecule has 0 saturated carbocycles. The van der Waals surface area contributed by atoms with Crippen LogP contribution in [0.3, 0.4) is 0 Å². The topological polar surface area (TPSA) is 47.1 Å². The molecule has 2 aliphatic heterocycles. The van der Waals surface area contributed by atoms with Crippen LogP contribution in [0.1, 0.15) is 51.2 Å². The van der Waals surface area contributed by atoms with Gasteiger partial charge >= 0.3 is 0 Å². The maximum absolute atomic E-state index is 13.6. The van der Waals surface area contributed by atoms with Crippen molar-refractivity contribution in [1.82, 2.24) is 14.7 Å². The van der Waals surface area contributed by atoms with Gasteiger partial charge in [-0.2, -0.15) is 0 Å². The molecule has 0 N–H and O–H groups in total. The minimum absolute atomic E-state index is 0.0573. The lowest BCUT2D eigenvalue weighted by Gasteiger charge is -2.34. The molecule has 1 fully saturated rings. The molecule has 2 heterocycles. The predicted molar refractivity (Wildman–Crippen MR) is 141 cm³/mol. The first-order valence-corrected chi connectivity index (χ1v) is 13.2. The van der Waals surface area contributed by atoms with Crippen LogP contribution in [0.4, 0.5) is 5.69 Å². The number of anilines is 1. The summed E-state index contributed by atoms with van der Waals surface area (Å²) < 4.78 is 0. The molecule has 2 aliphatic rings. The van der Waals surface area contributed by atoms with Gasteiger partial charge in [-0.25, -0.2) is 0 Å². The van der Waals surface area contributed by atoms with Crippen LogP contribution in [0, 0.1) is 0 Å². The van der Waals surface area contributed by atoms with Gasteiger partial charge in [-0.1, -0.05) is 62.4 Å².